The van der Waals surface area contributed by atoms with E-state index < -0.39 is 11.8 Å². The zero-order valence-electron chi connectivity index (χ0n) is 9.67. The first-order valence-electron chi connectivity index (χ1n) is 5.02. The normalized spacial score (nSPS) is 13.6. The number of esters is 1. The van der Waals surface area contributed by atoms with Crippen molar-refractivity contribution >= 4 is 12.3 Å². The summed E-state index contributed by atoms with van der Waals surface area (Å²) in [4.78, 5) is 21.4. The van der Waals surface area contributed by atoms with Crippen LogP contribution in [0.15, 0.2) is 24.3 Å². The van der Waals surface area contributed by atoms with E-state index in [1.54, 1.807) is 12.1 Å². The number of hydrogen-bond donors (Lipinski definition) is 1. The third kappa shape index (κ3) is 3.29. The maximum Gasteiger partial charge on any atom is 0.305 e. The van der Waals surface area contributed by atoms with Crippen molar-refractivity contribution in [3.05, 3.63) is 29.8 Å². The van der Waals surface area contributed by atoms with Crippen molar-refractivity contribution in [1.82, 2.24) is 0 Å². The molecule has 1 N–H and O–H groups in total. The Kier molecular flexibility index (Phi) is 4.23. The molecule has 0 bridgehead atoms. The number of methoxy groups -OCH3 is 1. The van der Waals surface area contributed by atoms with Gasteiger partial charge in [-0.1, -0.05) is 0 Å². The number of carbonyl (C=O) groups excluding carboxylic acids is 2. The molecule has 0 saturated heterocycles. The van der Waals surface area contributed by atoms with Crippen LogP contribution in [0.3, 0.4) is 0 Å². The lowest BCUT2D eigenvalue weighted by molar-refractivity contribution is -0.213. The SMILES string of the molecule is COc1ccc(C(O)(CC=O)OC(C)=O)cc1. The first kappa shape index (κ1) is 13.2. The van der Waals surface area contributed by atoms with Gasteiger partial charge in [0.15, 0.2) is 0 Å². The summed E-state index contributed by atoms with van der Waals surface area (Å²) in [7, 11) is 1.51. The molecule has 0 radical (unpaired) electrons. The summed E-state index contributed by atoms with van der Waals surface area (Å²) in [5.74, 6) is -1.98. The number of carbonyl (C=O) groups is 2. The van der Waals surface area contributed by atoms with Gasteiger partial charge in [-0.25, -0.2) is 0 Å². The molecule has 0 spiro atoms. The molecule has 0 aliphatic heterocycles. The lowest BCUT2D eigenvalue weighted by Crippen LogP contribution is -2.31. The Labute approximate surface area is 99.0 Å². The summed E-state index contributed by atoms with van der Waals surface area (Å²) >= 11 is 0. The van der Waals surface area contributed by atoms with Gasteiger partial charge < -0.3 is 19.4 Å². The Hall–Kier alpha value is -1.88. The van der Waals surface area contributed by atoms with Crippen LogP contribution in [-0.4, -0.2) is 24.5 Å². The fourth-order valence-corrected chi connectivity index (χ4v) is 1.42. The smallest absolute Gasteiger partial charge is 0.305 e. The Morgan fingerprint density at radius 3 is 2.41 bits per heavy atom. The van der Waals surface area contributed by atoms with Crippen LogP contribution in [0.2, 0.25) is 0 Å². The highest BCUT2D eigenvalue weighted by Crippen LogP contribution is 2.27. The molecule has 1 rings (SSSR count). The summed E-state index contributed by atoms with van der Waals surface area (Å²) in [6.45, 7) is 1.17. The van der Waals surface area contributed by atoms with Gasteiger partial charge >= 0.3 is 5.97 Å². The zero-order valence-corrected chi connectivity index (χ0v) is 9.67. The van der Waals surface area contributed by atoms with Gasteiger partial charge in [0.2, 0.25) is 5.79 Å². The van der Waals surface area contributed by atoms with Crippen LogP contribution in [0.4, 0.5) is 0 Å². The predicted molar refractivity (Wildman–Crippen MR) is 59.3 cm³/mol. The fourth-order valence-electron chi connectivity index (χ4n) is 1.42. The third-order valence-corrected chi connectivity index (χ3v) is 2.21. The summed E-state index contributed by atoms with van der Waals surface area (Å²) in [5, 5.41) is 10.1. The van der Waals surface area contributed by atoms with Crippen LogP contribution in [0.5, 0.6) is 5.75 Å². The maximum atomic E-state index is 10.9. The average molecular weight is 238 g/mol. The van der Waals surface area contributed by atoms with Gasteiger partial charge in [0.1, 0.15) is 12.0 Å². The quantitative estimate of drug-likeness (QED) is 0.470. The van der Waals surface area contributed by atoms with E-state index in [1.807, 2.05) is 0 Å². The van der Waals surface area contributed by atoms with E-state index in [1.165, 1.54) is 26.2 Å². The van der Waals surface area contributed by atoms with Crippen molar-refractivity contribution in [3.8, 4) is 5.75 Å². The number of ether oxygens (including phenoxy) is 2. The first-order chi connectivity index (χ1) is 8.01. The minimum Gasteiger partial charge on any atom is -0.497 e. The number of hydrogen-bond acceptors (Lipinski definition) is 5. The van der Waals surface area contributed by atoms with Gasteiger partial charge in [-0.2, -0.15) is 0 Å². The topological polar surface area (TPSA) is 72.8 Å². The highest BCUT2D eigenvalue weighted by molar-refractivity contribution is 5.67. The highest BCUT2D eigenvalue weighted by Gasteiger charge is 2.32. The van der Waals surface area contributed by atoms with Crippen molar-refractivity contribution < 1.29 is 24.2 Å². The molecule has 5 heteroatoms. The van der Waals surface area contributed by atoms with E-state index in [0.717, 1.165) is 0 Å². The number of aliphatic hydroxyl groups is 1. The van der Waals surface area contributed by atoms with Gasteiger partial charge in [-0.05, 0) is 24.3 Å². The minimum absolute atomic E-state index is 0.320. The van der Waals surface area contributed by atoms with Crippen LogP contribution in [0.25, 0.3) is 0 Å². The second kappa shape index (κ2) is 5.45. The first-order valence-corrected chi connectivity index (χ1v) is 5.02. The van der Waals surface area contributed by atoms with E-state index in [9.17, 15) is 14.7 Å². The van der Waals surface area contributed by atoms with Crippen LogP contribution in [-0.2, 0) is 20.1 Å². The molecule has 1 aromatic carbocycles. The Morgan fingerprint density at radius 1 is 1.41 bits per heavy atom. The summed E-state index contributed by atoms with van der Waals surface area (Å²) < 4.78 is 9.75. The van der Waals surface area contributed by atoms with E-state index in [-0.39, 0.29) is 6.42 Å². The van der Waals surface area contributed by atoms with E-state index in [0.29, 0.717) is 17.6 Å². The largest absolute Gasteiger partial charge is 0.497 e. The molecule has 0 aliphatic carbocycles. The molecule has 0 aliphatic rings. The fraction of sp³-hybridized carbons (Fsp3) is 0.333. The average Bonchev–Trinajstić information content (AvgIpc) is 2.28. The summed E-state index contributed by atoms with van der Waals surface area (Å²) in [6.07, 6.45) is 0.173. The zero-order chi connectivity index (χ0) is 12.9. The van der Waals surface area contributed by atoms with Crippen LogP contribution in [0, 0.1) is 0 Å². The Bertz CT molecular complexity index is 398. The molecule has 1 atom stereocenters. The molecular formula is C12H14O5. The second-order valence-electron chi connectivity index (χ2n) is 3.48. The van der Waals surface area contributed by atoms with Crippen molar-refractivity contribution in [1.29, 1.82) is 0 Å². The van der Waals surface area contributed by atoms with Gasteiger partial charge in [0.05, 0.1) is 13.5 Å². The lowest BCUT2D eigenvalue weighted by atomic mass is 10.0. The Morgan fingerprint density at radius 2 is 2.00 bits per heavy atom. The molecule has 0 aromatic heterocycles. The van der Waals surface area contributed by atoms with Crippen LogP contribution < -0.4 is 4.74 Å². The molecule has 0 heterocycles. The van der Waals surface area contributed by atoms with Gasteiger partial charge in [-0.3, -0.25) is 4.79 Å². The highest BCUT2D eigenvalue weighted by atomic mass is 16.7. The molecule has 0 amide bonds. The molecule has 1 aromatic rings. The third-order valence-electron chi connectivity index (χ3n) is 2.21. The summed E-state index contributed by atoms with van der Waals surface area (Å²) in [5.41, 5.74) is 0.320. The molecule has 5 nitrogen and oxygen atoms in total. The van der Waals surface area contributed by atoms with Crippen molar-refractivity contribution in [2.24, 2.45) is 0 Å². The molecule has 17 heavy (non-hydrogen) atoms. The van der Waals surface area contributed by atoms with E-state index in [4.69, 9.17) is 9.47 Å². The van der Waals surface area contributed by atoms with Gasteiger partial charge in [0.25, 0.3) is 0 Å². The van der Waals surface area contributed by atoms with E-state index in [2.05, 4.69) is 0 Å². The van der Waals surface area contributed by atoms with Crippen LogP contribution in [0.1, 0.15) is 18.9 Å². The van der Waals surface area contributed by atoms with Crippen molar-refractivity contribution in [2.45, 2.75) is 19.1 Å². The van der Waals surface area contributed by atoms with Crippen molar-refractivity contribution in [3.63, 3.8) is 0 Å². The number of aldehydes is 1. The molecule has 0 saturated carbocycles. The molecular weight excluding hydrogens is 224 g/mol. The number of benzene rings is 1. The maximum absolute atomic E-state index is 10.9. The summed E-state index contributed by atoms with van der Waals surface area (Å²) in [6, 6.07) is 6.28. The standard InChI is InChI=1S/C12H14O5/c1-9(14)17-12(15,7-8-13)10-3-5-11(16-2)6-4-10/h3-6,8,15H,7H2,1-2H3. The van der Waals surface area contributed by atoms with Crippen molar-refractivity contribution in [2.75, 3.05) is 7.11 Å². The lowest BCUT2D eigenvalue weighted by Gasteiger charge is -2.25. The van der Waals surface area contributed by atoms with Gasteiger partial charge in [0, 0.05) is 12.5 Å². The van der Waals surface area contributed by atoms with E-state index >= 15 is 0 Å². The number of rotatable bonds is 5. The monoisotopic (exact) mass is 238 g/mol. The second-order valence-corrected chi connectivity index (χ2v) is 3.48. The predicted octanol–water partition coefficient (Wildman–Crippen LogP) is 0.992. The molecule has 0 fully saturated rings. The molecule has 92 valence electrons. The van der Waals surface area contributed by atoms with Crippen LogP contribution >= 0.6 is 0 Å². The molecule has 1 unspecified atom stereocenters. The minimum atomic E-state index is -1.92. The van der Waals surface area contributed by atoms with Gasteiger partial charge in [-0.15, -0.1) is 0 Å². The Balaban J connectivity index is 3.03.